The molecule has 0 radical (unpaired) electrons. The molecule has 0 spiro atoms. The second kappa shape index (κ2) is 3.65. The number of nitrogens with one attached hydrogen (secondary N) is 1. The summed E-state index contributed by atoms with van der Waals surface area (Å²) in [5.74, 6) is 1.34. The molecule has 3 atom stereocenters. The Morgan fingerprint density at radius 1 is 1.39 bits per heavy atom. The summed E-state index contributed by atoms with van der Waals surface area (Å²) in [6.45, 7) is 5.97. The van der Waals surface area contributed by atoms with Crippen LogP contribution in [0.5, 0.6) is 0 Å². The Morgan fingerprint density at radius 3 is 2.56 bits per heavy atom. The van der Waals surface area contributed by atoms with Crippen LogP contribution >= 0.6 is 0 Å². The summed E-state index contributed by atoms with van der Waals surface area (Å²) in [6.07, 6.45) is 3.40. The Bertz CT molecular complexity index is 417. The van der Waals surface area contributed by atoms with E-state index >= 15 is 0 Å². The topological polar surface area (TPSA) is 58.6 Å². The van der Waals surface area contributed by atoms with Crippen LogP contribution in [0, 0.1) is 17.8 Å². The van der Waals surface area contributed by atoms with Gasteiger partial charge in [-0.2, -0.15) is 0 Å². The normalized spacial score (nSPS) is 34.7. The number of allylic oxidation sites excluding steroid dienone is 1. The zero-order valence-corrected chi connectivity index (χ0v) is 11.2. The fourth-order valence-electron chi connectivity index (χ4n) is 3.08. The largest absolute Gasteiger partial charge is 0.480 e. The Kier molecular flexibility index (Phi) is 2.41. The van der Waals surface area contributed by atoms with Crippen molar-refractivity contribution < 1.29 is 14.6 Å². The van der Waals surface area contributed by atoms with E-state index in [0.29, 0.717) is 11.8 Å². The van der Waals surface area contributed by atoms with E-state index < -0.39 is 12.0 Å². The van der Waals surface area contributed by atoms with Crippen LogP contribution < -0.4 is 5.32 Å². The molecule has 0 bridgehead atoms. The standard InChI is InChI=1S/C14H21NO3/c1-14(2,3)18-12-9-6-8(9)10(7-4-5-7)11(15-12)13(16)17/h7-8,10-11,15H,4-6H2,1-3H3,(H,16,17)/t8?,10?,11-/m0/s1. The summed E-state index contributed by atoms with van der Waals surface area (Å²) >= 11 is 0. The van der Waals surface area contributed by atoms with Gasteiger partial charge in [-0.3, -0.25) is 0 Å². The highest BCUT2D eigenvalue weighted by Gasteiger charge is 2.55. The molecule has 2 unspecified atom stereocenters. The molecule has 3 aliphatic rings. The van der Waals surface area contributed by atoms with Gasteiger partial charge in [-0.25, -0.2) is 4.79 Å². The van der Waals surface area contributed by atoms with Crippen molar-refractivity contribution in [3.8, 4) is 0 Å². The summed E-state index contributed by atoms with van der Waals surface area (Å²) in [7, 11) is 0. The maximum atomic E-state index is 11.4. The van der Waals surface area contributed by atoms with Crippen LogP contribution in [-0.4, -0.2) is 22.7 Å². The van der Waals surface area contributed by atoms with E-state index in [1.54, 1.807) is 0 Å². The molecule has 4 heteroatoms. The van der Waals surface area contributed by atoms with Gasteiger partial charge in [0.1, 0.15) is 11.6 Å². The Balaban J connectivity index is 1.82. The van der Waals surface area contributed by atoms with Crippen molar-refractivity contribution >= 4 is 5.97 Å². The van der Waals surface area contributed by atoms with Crippen LogP contribution in [0.2, 0.25) is 0 Å². The molecule has 2 N–H and O–H groups in total. The Labute approximate surface area is 107 Å². The molecule has 0 aromatic carbocycles. The number of carboxylic acid groups (broad SMARTS) is 1. The summed E-state index contributed by atoms with van der Waals surface area (Å²) in [5, 5.41) is 12.5. The number of aliphatic carboxylic acids is 1. The van der Waals surface area contributed by atoms with Crippen molar-refractivity contribution in [2.45, 2.75) is 51.7 Å². The number of fused-ring (bicyclic) bond motifs is 1. The zero-order chi connectivity index (χ0) is 13.1. The van der Waals surface area contributed by atoms with Crippen molar-refractivity contribution in [2.75, 3.05) is 0 Å². The van der Waals surface area contributed by atoms with Gasteiger partial charge < -0.3 is 15.2 Å². The van der Waals surface area contributed by atoms with E-state index in [1.807, 2.05) is 20.8 Å². The van der Waals surface area contributed by atoms with Crippen LogP contribution in [0.4, 0.5) is 0 Å². The van der Waals surface area contributed by atoms with Gasteiger partial charge in [0.05, 0.1) is 0 Å². The smallest absolute Gasteiger partial charge is 0.326 e. The molecule has 2 fully saturated rings. The third kappa shape index (κ3) is 2.08. The molecule has 2 aliphatic carbocycles. The van der Waals surface area contributed by atoms with Gasteiger partial charge in [0.15, 0.2) is 5.88 Å². The number of rotatable bonds is 3. The van der Waals surface area contributed by atoms with Gasteiger partial charge in [0, 0.05) is 0 Å². The van der Waals surface area contributed by atoms with Crippen LogP contribution in [0.25, 0.3) is 0 Å². The van der Waals surface area contributed by atoms with Crippen LogP contribution in [-0.2, 0) is 9.53 Å². The first-order valence-corrected chi connectivity index (χ1v) is 6.78. The molecule has 18 heavy (non-hydrogen) atoms. The highest BCUT2D eigenvalue weighted by atomic mass is 16.5. The molecule has 0 aromatic rings. The van der Waals surface area contributed by atoms with E-state index in [4.69, 9.17) is 4.74 Å². The van der Waals surface area contributed by atoms with Gasteiger partial charge >= 0.3 is 5.97 Å². The second-order valence-corrected chi connectivity index (χ2v) is 6.75. The lowest BCUT2D eigenvalue weighted by molar-refractivity contribution is -0.142. The predicted octanol–water partition coefficient (Wildman–Crippen LogP) is 2.12. The molecular weight excluding hydrogens is 230 g/mol. The van der Waals surface area contributed by atoms with Gasteiger partial charge in [-0.05, 0) is 63.4 Å². The van der Waals surface area contributed by atoms with Crippen molar-refractivity contribution in [1.29, 1.82) is 0 Å². The maximum absolute atomic E-state index is 11.4. The molecule has 0 saturated heterocycles. The average molecular weight is 251 g/mol. The number of carboxylic acids is 1. The second-order valence-electron chi connectivity index (χ2n) is 6.75. The lowest BCUT2D eigenvalue weighted by Crippen LogP contribution is -2.47. The Hall–Kier alpha value is -1.19. The molecule has 0 aromatic heterocycles. The predicted molar refractivity (Wildman–Crippen MR) is 66.7 cm³/mol. The molecule has 2 saturated carbocycles. The molecule has 1 aliphatic heterocycles. The molecule has 3 rings (SSSR count). The summed E-state index contributed by atoms with van der Waals surface area (Å²) in [6, 6.07) is -0.467. The van der Waals surface area contributed by atoms with Gasteiger partial charge in [0.25, 0.3) is 0 Å². The van der Waals surface area contributed by atoms with Crippen LogP contribution in [0.3, 0.4) is 0 Å². The fourth-order valence-corrected chi connectivity index (χ4v) is 3.08. The monoisotopic (exact) mass is 251 g/mol. The minimum absolute atomic E-state index is 0.280. The highest BCUT2D eigenvalue weighted by molar-refractivity contribution is 5.75. The van der Waals surface area contributed by atoms with E-state index in [0.717, 1.165) is 12.3 Å². The maximum Gasteiger partial charge on any atom is 0.326 e. The van der Waals surface area contributed by atoms with Crippen molar-refractivity contribution in [3.63, 3.8) is 0 Å². The quantitative estimate of drug-likeness (QED) is 0.806. The first-order chi connectivity index (χ1) is 8.37. The first kappa shape index (κ1) is 11.9. The van der Waals surface area contributed by atoms with Crippen LogP contribution in [0.15, 0.2) is 11.5 Å². The minimum Gasteiger partial charge on any atom is -0.480 e. The van der Waals surface area contributed by atoms with E-state index in [2.05, 4.69) is 5.32 Å². The number of ether oxygens (including phenoxy) is 1. The minimum atomic E-state index is -0.743. The van der Waals surface area contributed by atoms with Gasteiger partial charge in [0.2, 0.25) is 0 Å². The van der Waals surface area contributed by atoms with Crippen molar-refractivity contribution in [1.82, 2.24) is 5.32 Å². The lowest BCUT2D eigenvalue weighted by atomic mass is 9.87. The zero-order valence-electron chi connectivity index (χ0n) is 11.2. The third-order valence-corrected chi connectivity index (χ3v) is 4.00. The van der Waals surface area contributed by atoms with Gasteiger partial charge in [-0.1, -0.05) is 0 Å². The first-order valence-electron chi connectivity index (χ1n) is 6.78. The fraction of sp³-hybridized carbons (Fsp3) is 0.786. The molecular formula is C14H21NO3. The van der Waals surface area contributed by atoms with Gasteiger partial charge in [-0.15, -0.1) is 0 Å². The van der Waals surface area contributed by atoms with E-state index in [9.17, 15) is 9.90 Å². The molecule has 1 heterocycles. The molecule has 4 nitrogen and oxygen atoms in total. The summed E-state index contributed by atoms with van der Waals surface area (Å²) in [5.41, 5.74) is 1.03. The van der Waals surface area contributed by atoms with E-state index in [1.165, 1.54) is 18.4 Å². The van der Waals surface area contributed by atoms with E-state index in [-0.39, 0.29) is 11.5 Å². The van der Waals surface area contributed by atoms with Crippen molar-refractivity contribution in [3.05, 3.63) is 11.5 Å². The highest BCUT2D eigenvalue weighted by Crippen LogP contribution is 2.57. The molecule has 100 valence electrons. The average Bonchev–Trinajstić information content (AvgIpc) is 3.09. The number of carbonyl (C=O) groups is 1. The number of hydrogen-bond acceptors (Lipinski definition) is 3. The molecule has 0 amide bonds. The Morgan fingerprint density at radius 2 is 2.06 bits per heavy atom. The summed E-state index contributed by atoms with van der Waals surface area (Å²) < 4.78 is 5.87. The summed E-state index contributed by atoms with van der Waals surface area (Å²) in [4.78, 5) is 11.4. The lowest BCUT2D eigenvalue weighted by Gasteiger charge is -2.33. The van der Waals surface area contributed by atoms with Crippen molar-refractivity contribution in [2.24, 2.45) is 17.8 Å². The SMILES string of the molecule is CC(C)(C)OC1=C2CC2C(C2CC2)[C@@H](C(=O)O)N1. The number of hydrogen-bond donors (Lipinski definition) is 2. The third-order valence-electron chi connectivity index (χ3n) is 4.00. The van der Waals surface area contributed by atoms with Crippen LogP contribution in [0.1, 0.15) is 40.0 Å².